The van der Waals surface area contributed by atoms with Gasteiger partial charge in [0.1, 0.15) is 4.21 Å². The van der Waals surface area contributed by atoms with Gasteiger partial charge in [0.15, 0.2) is 5.00 Å². The minimum Gasteiger partial charge on any atom is -0.393 e. The van der Waals surface area contributed by atoms with Crippen LogP contribution in [-0.2, 0) is 10.0 Å². The summed E-state index contributed by atoms with van der Waals surface area (Å²) in [4.78, 5) is 10.3. The first-order chi connectivity index (χ1) is 9.77. The van der Waals surface area contributed by atoms with Crippen molar-refractivity contribution in [3.8, 4) is 0 Å². The SMILES string of the molecule is CNc1sc(S(=O)(=O)N2CCC(O)C(C)C2)cc1[N+](=O)[O-]. The highest BCUT2D eigenvalue weighted by atomic mass is 32.2. The van der Waals surface area contributed by atoms with E-state index in [9.17, 15) is 23.6 Å². The third kappa shape index (κ3) is 3.03. The second-order valence-corrected chi connectivity index (χ2v) is 8.20. The van der Waals surface area contributed by atoms with E-state index in [2.05, 4.69) is 5.32 Å². The van der Waals surface area contributed by atoms with Crippen molar-refractivity contribution in [3.05, 3.63) is 16.2 Å². The number of thiophene rings is 1. The molecule has 8 nitrogen and oxygen atoms in total. The molecule has 1 aromatic heterocycles. The van der Waals surface area contributed by atoms with Crippen molar-refractivity contribution < 1.29 is 18.4 Å². The molecule has 1 saturated heterocycles. The summed E-state index contributed by atoms with van der Waals surface area (Å²) in [7, 11) is -2.26. The Balaban J connectivity index is 2.34. The highest BCUT2D eigenvalue weighted by Gasteiger charge is 2.35. The van der Waals surface area contributed by atoms with Crippen LogP contribution in [0.25, 0.3) is 0 Å². The molecule has 2 heterocycles. The first-order valence-corrected chi connectivity index (χ1v) is 8.67. The molecule has 0 amide bonds. The van der Waals surface area contributed by atoms with E-state index < -0.39 is 21.1 Å². The lowest BCUT2D eigenvalue weighted by Crippen LogP contribution is -2.44. The van der Waals surface area contributed by atoms with Crippen molar-refractivity contribution in [3.63, 3.8) is 0 Å². The monoisotopic (exact) mass is 335 g/mol. The summed E-state index contributed by atoms with van der Waals surface area (Å²) in [6.07, 6.45) is -0.144. The van der Waals surface area contributed by atoms with Gasteiger partial charge in [-0.15, -0.1) is 0 Å². The van der Waals surface area contributed by atoms with Crippen molar-refractivity contribution >= 4 is 32.0 Å². The third-order valence-electron chi connectivity index (χ3n) is 3.53. The number of piperidine rings is 1. The standard InChI is InChI=1S/C11H17N3O5S2/c1-7-6-13(4-3-9(7)15)21(18,19)10-5-8(14(16)17)11(12-2)20-10/h5,7,9,12,15H,3-4,6H2,1-2H3. The molecule has 1 fully saturated rings. The normalized spacial score (nSPS) is 24.0. The van der Waals surface area contributed by atoms with Gasteiger partial charge >= 0.3 is 5.69 Å². The molecule has 0 aliphatic carbocycles. The summed E-state index contributed by atoms with van der Waals surface area (Å²) in [5.41, 5.74) is -0.244. The molecular weight excluding hydrogens is 318 g/mol. The molecule has 1 aliphatic heterocycles. The predicted molar refractivity (Wildman–Crippen MR) is 79.1 cm³/mol. The fourth-order valence-electron chi connectivity index (χ4n) is 2.24. The maximum atomic E-state index is 12.5. The average molecular weight is 335 g/mol. The van der Waals surface area contributed by atoms with Gasteiger partial charge in [-0.2, -0.15) is 4.31 Å². The number of nitro groups is 1. The third-order valence-corrected chi connectivity index (χ3v) is 6.99. The number of nitrogens with one attached hydrogen (secondary N) is 1. The number of anilines is 1. The van der Waals surface area contributed by atoms with Crippen LogP contribution in [0.1, 0.15) is 13.3 Å². The number of sulfonamides is 1. The molecule has 2 atom stereocenters. The lowest BCUT2D eigenvalue weighted by atomic mass is 9.99. The van der Waals surface area contributed by atoms with Crippen LogP contribution in [0.5, 0.6) is 0 Å². The van der Waals surface area contributed by atoms with Crippen LogP contribution in [0.15, 0.2) is 10.3 Å². The van der Waals surface area contributed by atoms with Crippen molar-refractivity contribution in [1.82, 2.24) is 4.31 Å². The van der Waals surface area contributed by atoms with Crippen molar-refractivity contribution in [1.29, 1.82) is 0 Å². The van der Waals surface area contributed by atoms with E-state index in [0.717, 1.165) is 17.4 Å². The summed E-state index contributed by atoms with van der Waals surface area (Å²) in [6, 6.07) is 1.08. The van der Waals surface area contributed by atoms with Crippen LogP contribution in [0.4, 0.5) is 10.7 Å². The van der Waals surface area contributed by atoms with Gasteiger partial charge in [0.25, 0.3) is 10.0 Å². The molecular formula is C11H17N3O5S2. The van der Waals surface area contributed by atoms with E-state index >= 15 is 0 Å². The Kier molecular flexibility index (Phi) is 4.51. The van der Waals surface area contributed by atoms with Crippen LogP contribution in [0.3, 0.4) is 0 Å². The van der Waals surface area contributed by atoms with E-state index in [1.165, 1.54) is 11.4 Å². The van der Waals surface area contributed by atoms with Crippen LogP contribution in [0.2, 0.25) is 0 Å². The number of aliphatic hydroxyl groups is 1. The summed E-state index contributed by atoms with van der Waals surface area (Å²) >= 11 is 0.846. The van der Waals surface area contributed by atoms with Crippen molar-refractivity contribution in [2.75, 3.05) is 25.5 Å². The Morgan fingerprint density at radius 2 is 2.24 bits per heavy atom. The highest BCUT2D eigenvalue weighted by Crippen LogP contribution is 2.38. The minimum atomic E-state index is -3.77. The van der Waals surface area contributed by atoms with Gasteiger partial charge in [0.2, 0.25) is 0 Å². The Bertz CT molecular complexity index is 642. The second kappa shape index (κ2) is 5.87. The number of aliphatic hydroxyl groups excluding tert-OH is 1. The van der Waals surface area contributed by atoms with E-state index in [1.54, 1.807) is 6.92 Å². The van der Waals surface area contributed by atoms with Gasteiger partial charge in [0, 0.05) is 26.2 Å². The van der Waals surface area contributed by atoms with E-state index in [4.69, 9.17) is 0 Å². The lowest BCUT2D eigenvalue weighted by molar-refractivity contribution is -0.383. The van der Waals surface area contributed by atoms with Crippen LogP contribution < -0.4 is 5.32 Å². The summed E-state index contributed by atoms with van der Waals surface area (Å²) in [5, 5.41) is 23.4. The zero-order chi connectivity index (χ0) is 15.8. The van der Waals surface area contributed by atoms with Crippen molar-refractivity contribution in [2.45, 2.75) is 23.7 Å². The largest absolute Gasteiger partial charge is 0.393 e. The van der Waals surface area contributed by atoms with E-state index in [-0.39, 0.29) is 33.9 Å². The zero-order valence-corrected chi connectivity index (χ0v) is 13.3. The number of nitrogens with zero attached hydrogens (tertiary/aromatic N) is 2. The fraction of sp³-hybridized carbons (Fsp3) is 0.636. The molecule has 1 aliphatic rings. The maximum absolute atomic E-state index is 12.5. The van der Waals surface area contributed by atoms with Gasteiger partial charge in [0.05, 0.1) is 11.0 Å². The summed E-state index contributed by atoms with van der Waals surface area (Å²) in [6.45, 7) is 2.21. The molecule has 1 aromatic rings. The fourth-order valence-corrected chi connectivity index (χ4v) is 5.23. The number of hydrogen-bond acceptors (Lipinski definition) is 7. The second-order valence-electron chi connectivity index (χ2n) is 4.98. The average Bonchev–Trinajstić information content (AvgIpc) is 2.86. The molecule has 21 heavy (non-hydrogen) atoms. The Morgan fingerprint density at radius 1 is 1.57 bits per heavy atom. The molecule has 2 unspecified atom stereocenters. The molecule has 2 N–H and O–H groups in total. The van der Waals surface area contributed by atoms with Gasteiger partial charge in [-0.1, -0.05) is 18.3 Å². The topological polar surface area (TPSA) is 113 Å². The molecule has 0 radical (unpaired) electrons. The molecule has 118 valence electrons. The van der Waals surface area contributed by atoms with Gasteiger partial charge in [-0.05, 0) is 12.3 Å². The number of rotatable bonds is 4. The molecule has 0 aromatic carbocycles. The van der Waals surface area contributed by atoms with Gasteiger partial charge < -0.3 is 10.4 Å². The van der Waals surface area contributed by atoms with E-state index in [0.29, 0.717) is 6.42 Å². The number of hydrogen-bond donors (Lipinski definition) is 2. The molecule has 0 saturated carbocycles. The maximum Gasteiger partial charge on any atom is 0.304 e. The molecule has 0 spiro atoms. The van der Waals surface area contributed by atoms with Gasteiger partial charge in [-0.3, -0.25) is 10.1 Å². The smallest absolute Gasteiger partial charge is 0.304 e. The van der Waals surface area contributed by atoms with Crippen LogP contribution in [0, 0.1) is 16.0 Å². The van der Waals surface area contributed by atoms with E-state index in [1.807, 2.05) is 0 Å². The quantitative estimate of drug-likeness (QED) is 0.629. The summed E-state index contributed by atoms with van der Waals surface area (Å²) < 4.78 is 26.3. The first-order valence-electron chi connectivity index (χ1n) is 6.41. The van der Waals surface area contributed by atoms with Crippen molar-refractivity contribution in [2.24, 2.45) is 5.92 Å². The lowest BCUT2D eigenvalue weighted by Gasteiger charge is -2.33. The van der Waals surface area contributed by atoms with Crippen LogP contribution in [-0.4, -0.2) is 49.0 Å². The Hall–Kier alpha value is -1.23. The summed E-state index contributed by atoms with van der Waals surface area (Å²) in [5.74, 6) is -0.160. The first kappa shape index (κ1) is 16.1. The predicted octanol–water partition coefficient (Wildman–Crippen LogP) is 1.09. The van der Waals surface area contributed by atoms with Gasteiger partial charge in [-0.25, -0.2) is 8.42 Å². The zero-order valence-electron chi connectivity index (χ0n) is 11.6. The van der Waals surface area contributed by atoms with Crippen LogP contribution >= 0.6 is 11.3 Å². The Morgan fingerprint density at radius 3 is 2.71 bits per heavy atom. The molecule has 2 rings (SSSR count). The Labute approximate surface area is 126 Å². The highest BCUT2D eigenvalue weighted by molar-refractivity contribution is 7.91. The minimum absolute atomic E-state index is 0.0536. The molecule has 10 heteroatoms. The molecule has 0 bridgehead atoms.